The molecule has 0 spiro atoms. The Kier molecular flexibility index (Phi) is 7.54. The maximum atomic E-state index is 12.8. The smallest absolute Gasteiger partial charge is 0.356 e. The minimum atomic E-state index is -0.507. The molecule has 31 heavy (non-hydrogen) atoms. The Morgan fingerprint density at radius 1 is 1.35 bits per heavy atom. The summed E-state index contributed by atoms with van der Waals surface area (Å²) in [6, 6.07) is 1.94. The van der Waals surface area contributed by atoms with Crippen LogP contribution in [0.15, 0.2) is 12.3 Å². The van der Waals surface area contributed by atoms with E-state index in [1.807, 2.05) is 24.5 Å². The Balaban J connectivity index is 2.13. The van der Waals surface area contributed by atoms with Crippen LogP contribution in [0.2, 0.25) is 0 Å². The number of fused-ring (bicyclic) bond motifs is 1. The first-order chi connectivity index (χ1) is 14.8. The van der Waals surface area contributed by atoms with E-state index in [9.17, 15) is 9.59 Å². The highest BCUT2D eigenvalue weighted by Gasteiger charge is 2.29. The van der Waals surface area contributed by atoms with E-state index in [4.69, 9.17) is 9.47 Å². The van der Waals surface area contributed by atoms with Crippen LogP contribution in [0.1, 0.15) is 57.4 Å². The fourth-order valence-corrected chi connectivity index (χ4v) is 3.68. The zero-order chi connectivity index (χ0) is 22.5. The molecule has 3 rings (SSSR count). The zero-order valence-corrected chi connectivity index (χ0v) is 19.2. The van der Waals surface area contributed by atoms with Crippen molar-refractivity contribution in [2.45, 2.75) is 59.6 Å². The molecule has 8 nitrogen and oxygen atoms in total. The molecular weight excluding hydrogens is 396 g/mol. The van der Waals surface area contributed by atoms with E-state index < -0.39 is 5.97 Å². The molecule has 0 aromatic carbocycles. The highest BCUT2D eigenvalue weighted by atomic mass is 16.5. The van der Waals surface area contributed by atoms with Crippen molar-refractivity contribution in [2.75, 3.05) is 30.9 Å². The van der Waals surface area contributed by atoms with Crippen molar-refractivity contribution < 1.29 is 19.1 Å². The molecule has 3 heterocycles. The van der Waals surface area contributed by atoms with Gasteiger partial charge in [0.25, 0.3) is 0 Å². The third kappa shape index (κ3) is 5.18. The summed E-state index contributed by atoms with van der Waals surface area (Å²) in [4.78, 5) is 30.3. The fourth-order valence-electron chi connectivity index (χ4n) is 3.68. The molecule has 2 aromatic heterocycles. The number of methoxy groups -OCH3 is 1. The van der Waals surface area contributed by atoms with Crippen LogP contribution in [0, 0.1) is 11.8 Å². The van der Waals surface area contributed by atoms with Crippen LogP contribution in [0.25, 0.3) is 11.0 Å². The number of carbonyl (C=O) groups excluding carboxylic acids is 2. The Bertz CT molecular complexity index is 931. The summed E-state index contributed by atoms with van der Waals surface area (Å²) in [5.41, 5.74) is 2.22. The molecule has 1 amide bonds. The van der Waals surface area contributed by atoms with Gasteiger partial charge in [-0.05, 0) is 31.2 Å². The van der Waals surface area contributed by atoms with Gasteiger partial charge in [0.1, 0.15) is 5.65 Å². The van der Waals surface area contributed by atoms with Gasteiger partial charge in [0.15, 0.2) is 5.69 Å². The number of amides is 1. The monoisotopic (exact) mass is 430 g/mol. The van der Waals surface area contributed by atoms with Crippen molar-refractivity contribution >= 4 is 34.3 Å². The molecule has 0 bridgehead atoms. The maximum absolute atomic E-state index is 12.8. The Hall–Kier alpha value is -2.61. The van der Waals surface area contributed by atoms with E-state index in [1.54, 1.807) is 6.20 Å². The lowest BCUT2D eigenvalue weighted by Crippen LogP contribution is -2.23. The van der Waals surface area contributed by atoms with Crippen LogP contribution < -0.4 is 10.6 Å². The summed E-state index contributed by atoms with van der Waals surface area (Å²) in [6.45, 7) is 10.1. The topological polar surface area (TPSA) is 94.5 Å². The standard InChI is InChI=1S/C23H34N4O4/c1-6-15(4)22(28)26-19-18-10-16(24-11-14(2)3)12-25-21(18)27(20(19)23(29)30-5)13-17-8-7-9-31-17/h10,12,14-15,17,24H,6-9,11,13H2,1-5H3,(H,26,28). The second-order valence-electron chi connectivity index (χ2n) is 8.63. The van der Waals surface area contributed by atoms with Crippen LogP contribution in [0.4, 0.5) is 11.4 Å². The van der Waals surface area contributed by atoms with Gasteiger partial charge < -0.3 is 24.7 Å². The quantitative estimate of drug-likeness (QED) is 0.583. The van der Waals surface area contributed by atoms with Gasteiger partial charge in [-0.15, -0.1) is 0 Å². The number of nitrogens with one attached hydrogen (secondary N) is 2. The van der Waals surface area contributed by atoms with Gasteiger partial charge in [-0.1, -0.05) is 27.7 Å². The molecule has 1 aliphatic heterocycles. The summed E-state index contributed by atoms with van der Waals surface area (Å²) < 4.78 is 12.7. The van der Waals surface area contributed by atoms with E-state index in [-0.39, 0.29) is 17.9 Å². The number of aromatic nitrogens is 2. The van der Waals surface area contributed by atoms with Gasteiger partial charge >= 0.3 is 5.97 Å². The van der Waals surface area contributed by atoms with E-state index >= 15 is 0 Å². The molecule has 0 radical (unpaired) electrons. The minimum Gasteiger partial charge on any atom is -0.464 e. The second kappa shape index (κ2) is 10.1. The van der Waals surface area contributed by atoms with Crippen LogP contribution in [0.3, 0.4) is 0 Å². The molecule has 1 fully saturated rings. The Labute approximate surface area is 183 Å². The zero-order valence-electron chi connectivity index (χ0n) is 19.2. The van der Waals surface area contributed by atoms with Crippen LogP contribution >= 0.6 is 0 Å². The third-order valence-corrected chi connectivity index (χ3v) is 5.71. The van der Waals surface area contributed by atoms with Gasteiger partial charge in [0.05, 0.1) is 37.3 Å². The predicted octanol–water partition coefficient (Wildman–Crippen LogP) is 4.05. The maximum Gasteiger partial charge on any atom is 0.356 e. The molecule has 170 valence electrons. The van der Waals surface area contributed by atoms with Crippen molar-refractivity contribution in [1.82, 2.24) is 9.55 Å². The van der Waals surface area contributed by atoms with E-state index in [2.05, 4.69) is 29.5 Å². The summed E-state index contributed by atoms with van der Waals surface area (Å²) in [6.07, 6.45) is 4.37. The number of pyridine rings is 1. The first kappa shape index (κ1) is 23.1. The molecular formula is C23H34N4O4. The number of nitrogens with zero attached hydrogens (tertiary/aromatic N) is 2. The third-order valence-electron chi connectivity index (χ3n) is 5.71. The lowest BCUT2D eigenvalue weighted by atomic mass is 10.1. The predicted molar refractivity (Wildman–Crippen MR) is 121 cm³/mol. The van der Waals surface area contributed by atoms with Gasteiger partial charge in [-0.2, -0.15) is 0 Å². The molecule has 1 aliphatic rings. The molecule has 0 saturated carbocycles. The summed E-state index contributed by atoms with van der Waals surface area (Å²) in [5, 5.41) is 7.07. The molecule has 1 saturated heterocycles. The van der Waals surface area contributed by atoms with Crippen molar-refractivity contribution in [3.8, 4) is 0 Å². The summed E-state index contributed by atoms with van der Waals surface area (Å²) in [5.74, 6) is -0.358. The summed E-state index contributed by atoms with van der Waals surface area (Å²) >= 11 is 0. The second-order valence-corrected chi connectivity index (χ2v) is 8.63. The number of anilines is 2. The van der Waals surface area contributed by atoms with Crippen molar-refractivity contribution in [3.05, 3.63) is 18.0 Å². The highest BCUT2D eigenvalue weighted by Crippen LogP contribution is 2.34. The molecule has 2 atom stereocenters. The fraction of sp³-hybridized carbons (Fsp3) is 0.609. The molecule has 2 unspecified atom stereocenters. The average Bonchev–Trinajstić information content (AvgIpc) is 3.38. The van der Waals surface area contributed by atoms with E-state index in [0.717, 1.165) is 25.1 Å². The number of hydrogen-bond acceptors (Lipinski definition) is 6. The Morgan fingerprint density at radius 3 is 2.74 bits per heavy atom. The normalized spacial score (nSPS) is 17.2. The number of ether oxygens (including phenoxy) is 2. The SMILES string of the molecule is CCC(C)C(=O)Nc1c(C(=O)OC)n(CC2CCCO2)c2ncc(NCC(C)C)cc12. The molecule has 2 N–H and O–H groups in total. The number of rotatable bonds is 9. The highest BCUT2D eigenvalue weighted by molar-refractivity contribution is 6.11. The lowest BCUT2D eigenvalue weighted by Gasteiger charge is -2.15. The van der Waals surface area contributed by atoms with Gasteiger partial charge in [0, 0.05) is 24.5 Å². The average molecular weight is 431 g/mol. The molecule has 0 aliphatic carbocycles. The van der Waals surface area contributed by atoms with Crippen molar-refractivity contribution in [3.63, 3.8) is 0 Å². The first-order valence-corrected chi connectivity index (χ1v) is 11.1. The number of hydrogen-bond donors (Lipinski definition) is 2. The van der Waals surface area contributed by atoms with Crippen LogP contribution in [-0.2, 0) is 20.8 Å². The Morgan fingerprint density at radius 2 is 2.13 bits per heavy atom. The van der Waals surface area contributed by atoms with Crippen LogP contribution in [-0.4, -0.2) is 47.8 Å². The van der Waals surface area contributed by atoms with Gasteiger partial charge in [-0.25, -0.2) is 9.78 Å². The van der Waals surface area contributed by atoms with Crippen molar-refractivity contribution in [2.24, 2.45) is 11.8 Å². The van der Waals surface area contributed by atoms with E-state index in [1.165, 1.54) is 7.11 Å². The van der Waals surface area contributed by atoms with Gasteiger partial charge in [0.2, 0.25) is 5.91 Å². The van der Waals surface area contributed by atoms with Crippen LogP contribution in [0.5, 0.6) is 0 Å². The lowest BCUT2D eigenvalue weighted by molar-refractivity contribution is -0.119. The van der Waals surface area contributed by atoms with Crippen molar-refractivity contribution in [1.29, 1.82) is 0 Å². The summed E-state index contributed by atoms with van der Waals surface area (Å²) in [7, 11) is 1.35. The largest absolute Gasteiger partial charge is 0.464 e. The number of carbonyl (C=O) groups is 2. The molecule has 8 heteroatoms. The molecule has 2 aromatic rings. The van der Waals surface area contributed by atoms with Gasteiger partial charge in [-0.3, -0.25) is 4.79 Å². The number of esters is 1. The van der Waals surface area contributed by atoms with E-state index in [0.29, 0.717) is 47.9 Å². The minimum absolute atomic E-state index is 0.00216. The first-order valence-electron chi connectivity index (χ1n) is 11.1.